The fourth-order valence-electron chi connectivity index (χ4n) is 3.47. The molecule has 2 aromatic carbocycles. The maximum Gasteiger partial charge on any atom is 0.261 e. The van der Waals surface area contributed by atoms with Gasteiger partial charge in [0.25, 0.3) is 5.91 Å². The lowest BCUT2D eigenvalue weighted by Gasteiger charge is -2.30. The van der Waals surface area contributed by atoms with Crippen LogP contribution in [0.1, 0.15) is 59.1 Å². The lowest BCUT2D eigenvalue weighted by molar-refractivity contribution is -0.141. The maximum atomic E-state index is 13.2. The van der Waals surface area contributed by atoms with Gasteiger partial charge in [0.2, 0.25) is 5.91 Å². The lowest BCUT2D eigenvalue weighted by Crippen LogP contribution is -2.51. The molecule has 0 saturated carbocycles. The van der Waals surface area contributed by atoms with Crippen molar-refractivity contribution >= 4 is 11.8 Å². The van der Waals surface area contributed by atoms with Crippen LogP contribution in [-0.2, 0) is 21.4 Å². The largest absolute Gasteiger partial charge is 0.483 e. The minimum absolute atomic E-state index is 0.0611. The second kappa shape index (κ2) is 11.7. The summed E-state index contributed by atoms with van der Waals surface area (Å²) < 4.78 is 5.97. The van der Waals surface area contributed by atoms with Gasteiger partial charge in [-0.25, -0.2) is 0 Å². The summed E-state index contributed by atoms with van der Waals surface area (Å²) >= 11 is 0. The van der Waals surface area contributed by atoms with E-state index < -0.39 is 6.04 Å². The maximum absolute atomic E-state index is 13.2. The van der Waals surface area contributed by atoms with Gasteiger partial charge < -0.3 is 15.0 Å². The smallest absolute Gasteiger partial charge is 0.261 e. The highest BCUT2D eigenvalue weighted by Crippen LogP contribution is 2.30. The number of carbonyl (C=O) groups excluding carboxylic acids is 2. The number of nitrogens with one attached hydrogen (secondary N) is 1. The Kier molecular flexibility index (Phi) is 9.30. The molecule has 2 atom stereocenters. The molecule has 0 aliphatic rings. The van der Waals surface area contributed by atoms with Crippen molar-refractivity contribution < 1.29 is 14.3 Å². The van der Waals surface area contributed by atoms with Crippen LogP contribution in [0.2, 0.25) is 0 Å². The van der Waals surface area contributed by atoms with Crippen LogP contribution in [0.15, 0.2) is 54.6 Å². The topological polar surface area (TPSA) is 58.6 Å². The van der Waals surface area contributed by atoms with Crippen molar-refractivity contribution in [2.24, 2.45) is 0 Å². The van der Waals surface area contributed by atoms with Crippen LogP contribution in [0.4, 0.5) is 0 Å². The Bertz CT molecular complexity index is 874. The van der Waals surface area contributed by atoms with Crippen LogP contribution in [0.5, 0.6) is 5.75 Å². The lowest BCUT2D eigenvalue weighted by atomic mass is 9.86. The van der Waals surface area contributed by atoms with Gasteiger partial charge in [-0.1, -0.05) is 76.2 Å². The summed E-state index contributed by atoms with van der Waals surface area (Å²) in [6.45, 7) is 12.5. The van der Waals surface area contributed by atoms with Crippen molar-refractivity contribution in [2.75, 3.05) is 13.2 Å². The molecule has 2 amide bonds. The molecule has 0 saturated heterocycles. The number of ether oxygens (including phenoxy) is 1. The van der Waals surface area contributed by atoms with E-state index in [1.165, 1.54) is 0 Å². The first-order valence-corrected chi connectivity index (χ1v) is 11.5. The Morgan fingerprint density at radius 1 is 1.00 bits per heavy atom. The zero-order valence-corrected chi connectivity index (χ0v) is 20.4. The van der Waals surface area contributed by atoms with E-state index >= 15 is 0 Å². The van der Waals surface area contributed by atoms with Crippen LogP contribution in [0.25, 0.3) is 0 Å². The molecule has 0 unspecified atom stereocenters. The van der Waals surface area contributed by atoms with Crippen LogP contribution in [0, 0.1) is 0 Å². The molecule has 0 radical (unpaired) electrons. The van der Waals surface area contributed by atoms with E-state index in [0.717, 1.165) is 17.5 Å². The van der Waals surface area contributed by atoms with E-state index in [0.29, 0.717) is 18.7 Å². The number of rotatable bonds is 10. The molecule has 0 aliphatic carbocycles. The second-order valence-electron chi connectivity index (χ2n) is 9.35. The minimum Gasteiger partial charge on any atom is -0.483 e. The molecule has 0 heterocycles. The summed E-state index contributed by atoms with van der Waals surface area (Å²) in [6.07, 6.45) is 1.51. The number of carbonyl (C=O) groups is 2. The predicted octanol–water partition coefficient (Wildman–Crippen LogP) is 4.74. The molecule has 0 bridgehead atoms. The first-order valence-electron chi connectivity index (χ1n) is 11.5. The Hall–Kier alpha value is -2.82. The summed E-state index contributed by atoms with van der Waals surface area (Å²) in [5.41, 5.74) is 2.07. The third kappa shape index (κ3) is 7.40. The van der Waals surface area contributed by atoms with Crippen molar-refractivity contribution in [1.82, 2.24) is 10.2 Å². The van der Waals surface area contributed by atoms with Crippen molar-refractivity contribution in [3.8, 4) is 5.75 Å². The Morgan fingerprint density at radius 3 is 2.25 bits per heavy atom. The third-order valence-electron chi connectivity index (χ3n) is 5.70. The van der Waals surface area contributed by atoms with Gasteiger partial charge in [-0.3, -0.25) is 9.59 Å². The van der Waals surface area contributed by atoms with Crippen molar-refractivity contribution in [3.05, 3.63) is 65.7 Å². The van der Waals surface area contributed by atoms with E-state index in [4.69, 9.17) is 4.74 Å². The number of nitrogens with zero attached hydrogens (tertiary/aromatic N) is 1. The molecule has 2 aromatic rings. The highest BCUT2D eigenvalue weighted by atomic mass is 16.5. The zero-order valence-electron chi connectivity index (χ0n) is 20.4. The fourth-order valence-corrected chi connectivity index (χ4v) is 3.47. The number of para-hydroxylation sites is 1. The summed E-state index contributed by atoms with van der Waals surface area (Å²) in [4.78, 5) is 27.6. The quantitative estimate of drug-likeness (QED) is 0.583. The summed E-state index contributed by atoms with van der Waals surface area (Å²) in [6, 6.07) is 17.3. The molecular weight excluding hydrogens is 400 g/mol. The number of amides is 2. The van der Waals surface area contributed by atoms with Crippen LogP contribution in [-0.4, -0.2) is 41.9 Å². The summed E-state index contributed by atoms with van der Waals surface area (Å²) in [7, 11) is 0. The van der Waals surface area contributed by atoms with Gasteiger partial charge in [-0.05, 0) is 49.3 Å². The van der Waals surface area contributed by atoms with Crippen LogP contribution >= 0.6 is 0 Å². The van der Waals surface area contributed by atoms with Crippen LogP contribution < -0.4 is 10.1 Å². The number of benzene rings is 2. The molecule has 2 rings (SSSR count). The second-order valence-corrected chi connectivity index (χ2v) is 9.35. The first kappa shape index (κ1) is 25.4. The minimum atomic E-state index is -0.582. The average molecular weight is 439 g/mol. The van der Waals surface area contributed by atoms with Gasteiger partial charge in [0.15, 0.2) is 6.61 Å². The van der Waals surface area contributed by atoms with Gasteiger partial charge in [-0.15, -0.1) is 0 Å². The summed E-state index contributed by atoms with van der Waals surface area (Å²) in [5, 5.41) is 2.99. The van der Waals surface area contributed by atoms with Crippen molar-refractivity contribution in [3.63, 3.8) is 0 Å². The van der Waals surface area contributed by atoms with Gasteiger partial charge >= 0.3 is 0 Å². The molecule has 5 heteroatoms. The Morgan fingerprint density at radius 2 is 1.62 bits per heavy atom. The van der Waals surface area contributed by atoms with Crippen molar-refractivity contribution in [2.45, 2.75) is 71.9 Å². The Balaban J connectivity index is 2.15. The molecule has 174 valence electrons. The molecule has 0 aliphatic heterocycles. The van der Waals surface area contributed by atoms with Crippen molar-refractivity contribution in [1.29, 1.82) is 0 Å². The highest BCUT2D eigenvalue weighted by molar-refractivity contribution is 5.88. The monoisotopic (exact) mass is 438 g/mol. The SMILES string of the molecule is CC[C@@H](C)NC(=O)[C@@H](C)N(CCc1ccccc1)C(=O)COc1ccccc1C(C)(C)C. The molecule has 1 N–H and O–H groups in total. The average Bonchev–Trinajstić information content (AvgIpc) is 2.77. The van der Waals surface area contributed by atoms with Gasteiger partial charge in [-0.2, -0.15) is 0 Å². The Labute approximate surface area is 193 Å². The fraction of sp³-hybridized carbons (Fsp3) is 0.481. The third-order valence-corrected chi connectivity index (χ3v) is 5.70. The van der Waals surface area contributed by atoms with E-state index in [-0.39, 0.29) is 29.9 Å². The molecule has 0 spiro atoms. The van der Waals surface area contributed by atoms with Gasteiger partial charge in [0.1, 0.15) is 11.8 Å². The van der Waals surface area contributed by atoms with E-state index in [1.807, 2.05) is 68.4 Å². The number of hydrogen-bond acceptors (Lipinski definition) is 3. The van der Waals surface area contributed by atoms with E-state index in [2.05, 4.69) is 26.1 Å². The summed E-state index contributed by atoms with van der Waals surface area (Å²) in [5.74, 6) is 0.361. The first-order chi connectivity index (χ1) is 15.1. The zero-order chi connectivity index (χ0) is 23.7. The standard InChI is InChI=1S/C27H38N2O3/c1-7-20(2)28-26(31)21(3)29(18-17-22-13-9-8-10-14-22)25(30)19-32-24-16-12-11-15-23(24)27(4,5)6/h8-16,20-21H,7,17-19H2,1-6H3,(H,28,31)/t20-,21-/m1/s1. The van der Waals surface area contributed by atoms with Crippen LogP contribution in [0.3, 0.4) is 0 Å². The van der Waals surface area contributed by atoms with Gasteiger partial charge in [0, 0.05) is 12.6 Å². The number of hydrogen-bond donors (Lipinski definition) is 1. The molecule has 32 heavy (non-hydrogen) atoms. The van der Waals surface area contributed by atoms with E-state index in [9.17, 15) is 9.59 Å². The molecular formula is C27H38N2O3. The normalized spacial score (nSPS) is 13.2. The van der Waals surface area contributed by atoms with Gasteiger partial charge in [0.05, 0.1) is 0 Å². The predicted molar refractivity (Wildman–Crippen MR) is 130 cm³/mol. The highest BCUT2D eigenvalue weighted by Gasteiger charge is 2.27. The molecule has 5 nitrogen and oxygen atoms in total. The molecule has 0 fully saturated rings. The molecule has 0 aromatic heterocycles. The van der Waals surface area contributed by atoms with E-state index in [1.54, 1.807) is 11.8 Å².